The molecule has 0 aliphatic carbocycles. The van der Waals surface area contributed by atoms with Crippen LogP contribution in [0.1, 0.15) is 13.3 Å². The summed E-state index contributed by atoms with van der Waals surface area (Å²) in [5.74, 6) is -0.282. The van der Waals surface area contributed by atoms with Crippen molar-refractivity contribution in [3.63, 3.8) is 0 Å². The lowest BCUT2D eigenvalue weighted by Gasteiger charge is -2.29. The lowest BCUT2D eigenvalue weighted by molar-refractivity contribution is -0.251. The molecule has 0 aromatic carbocycles. The quantitative estimate of drug-likeness (QED) is 0.519. The Morgan fingerprint density at radius 2 is 2.39 bits per heavy atom. The molecule has 0 aromatic rings. The SMILES string of the molecule is CO/N=C/C1=CCCN(C(=O)C(C)NC(=O)[O-])C1. The average molecular weight is 254 g/mol. The van der Waals surface area contributed by atoms with Gasteiger partial charge in [0.15, 0.2) is 0 Å². The topological polar surface area (TPSA) is 94.1 Å². The third-order valence-corrected chi connectivity index (χ3v) is 2.52. The van der Waals surface area contributed by atoms with Crippen LogP contribution in [0.5, 0.6) is 0 Å². The smallest absolute Gasteiger partial charge is 0.245 e. The molecule has 0 radical (unpaired) electrons. The first kappa shape index (κ1) is 14.0. The van der Waals surface area contributed by atoms with Gasteiger partial charge in [-0.1, -0.05) is 11.2 Å². The Morgan fingerprint density at radius 1 is 1.67 bits per heavy atom. The molecule has 0 bridgehead atoms. The van der Waals surface area contributed by atoms with Crippen LogP contribution in [0, 0.1) is 0 Å². The second-order valence-electron chi connectivity index (χ2n) is 3.90. The molecule has 0 saturated carbocycles. The molecule has 1 aliphatic rings. The Balaban J connectivity index is 2.58. The van der Waals surface area contributed by atoms with Crippen LogP contribution in [0.2, 0.25) is 0 Å². The third kappa shape index (κ3) is 4.08. The van der Waals surface area contributed by atoms with Crippen molar-refractivity contribution < 1.29 is 19.5 Å². The van der Waals surface area contributed by atoms with Crippen LogP contribution in [-0.4, -0.2) is 49.4 Å². The minimum Gasteiger partial charge on any atom is -0.530 e. The molecule has 1 heterocycles. The molecule has 1 N–H and O–H groups in total. The molecule has 1 rings (SSSR count). The van der Waals surface area contributed by atoms with Gasteiger partial charge in [-0.3, -0.25) is 4.79 Å². The molecule has 1 aliphatic heterocycles. The van der Waals surface area contributed by atoms with Gasteiger partial charge in [0.25, 0.3) is 0 Å². The average Bonchev–Trinajstić information content (AvgIpc) is 2.35. The van der Waals surface area contributed by atoms with Gasteiger partial charge in [-0.2, -0.15) is 0 Å². The summed E-state index contributed by atoms with van der Waals surface area (Å²) in [5, 5.41) is 16.0. The van der Waals surface area contributed by atoms with Gasteiger partial charge >= 0.3 is 0 Å². The molecule has 0 spiro atoms. The van der Waals surface area contributed by atoms with Crippen molar-refractivity contribution in [2.75, 3.05) is 20.2 Å². The van der Waals surface area contributed by atoms with Crippen molar-refractivity contribution in [1.82, 2.24) is 10.2 Å². The van der Waals surface area contributed by atoms with E-state index in [1.54, 1.807) is 4.90 Å². The number of amides is 2. The molecule has 0 aromatic heterocycles. The van der Waals surface area contributed by atoms with Crippen LogP contribution in [-0.2, 0) is 9.63 Å². The summed E-state index contributed by atoms with van der Waals surface area (Å²) < 4.78 is 0. The minimum atomic E-state index is -1.45. The van der Waals surface area contributed by atoms with E-state index < -0.39 is 12.1 Å². The van der Waals surface area contributed by atoms with Gasteiger partial charge < -0.3 is 25.0 Å². The monoisotopic (exact) mass is 254 g/mol. The molecule has 1 atom stereocenters. The van der Waals surface area contributed by atoms with E-state index in [1.807, 2.05) is 11.4 Å². The number of oxime groups is 1. The number of hydrogen-bond acceptors (Lipinski definition) is 5. The Labute approximate surface area is 105 Å². The fourth-order valence-electron chi connectivity index (χ4n) is 1.68. The molecule has 7 nitrogen and oxygen atoms in total. The molecular formula is C11H16N3O4-. The Morgan fingerprint density at radius 3 is 3.00 bits per heavy atom. The molecule has 2 amide bonds. The summed E-state index contributed by atoms with van der Waals surface area (Å²) in [4.78, 5) is 28.4. The number of hydrogen-bond donors (Lipinski definition) is 1. The zero-order valence-electron chi connectivity index (χ0n) is 10.4. The highest BCUT2D eigenvalue weighted by Crippen LogP contribution is 2.09. The van der Waals surface area contributed by atoms with Crippen molar-refractivity contribution in [2.45, 2.75) is 19.4 Å². The maximum Gasteiger partial charge on any atom is 0.245 e. The first-order valence-electron chi connectivity index (χ1n) is 5.56. The molecule has 0 saturated heterocycles. The lowest BCUT2D eigenvalue weighted by atomic mass is 10.1. The van der Waals surface area contributed by atoms with E-state index in [4.69, 9.17) is 0 Å². The molecule has 0 fully saturated rings. The zero-order valence-corrected chi connectivity index (χ0v) is 10.4. The summed E-state index contributed by atoms with van der Waals surface area (Å²) in [7, 11) is 1.44. The normalized spacial score (nSPS) is 17.2. The first-order valence-corrected chi connectivity index (χ1v) is 5.56. The van der Waals surface area contributed by atoms with E-state index in [0.29, 0.717) is 19.5 Å². The third-order valence-electron chi connectivity index (χ3n) is 2.52. The Hall–Kier alpha value is -2.05. The van der Waals surface area contributed by atoms with Crippen molar-refractivity contribution in [1.29, 1.82) is 0 Å². The van der Waals surface area contributed by atoms with E-state index in [0.717, 1.165) is 5.57 Å². The van der Waals surface area contributed by atoms with E-state index >= 15 is 0 Å². The molecule has 1 unspecified atom stereocenters. The van der Waals surface area contributed by atoms with Crippen molar-refractivity contribution >= 4 is 18.2 Å². The van der Waals surface area contributed by atoms with E-state index in [9.17, 15) is 14.7 Å². The van der Waals surface area contributed by atoms with Gasteiger partial charge in [0, 0.05) is 13.1 Å². The highest BCUT2D eigenvalue weighted by Gasteiger charge is 2.22. The van der Waals surface area contributed by atoms with Gasteiger partial charge in [0.2, 0.25) is 5.91 Å². The number of carbonyl (C=O) groups excluding carboxylic acids is 2. The lowest BCUT2D eigenvalue weighted by Crippen LogP contribution is -2.51. The van der Waals surface area contributed by atoms with Gasteiger partial charge in [-0.05, 0) is 18.9 Å². The van der Waals surface area contributed by atoms with Crippen LogP contribution < -0.4 is 10.4 Å². The van der Waals surface area contributed by atoms with Crippen molar-refractivity contribution in [3.05, 3.63) is 11.6 Å². The largest absolute Gasteiger partial charge is 0.530 e. The summed E-state index contributed by atoms with van der Waals surface area (Å²) >= 11 is 0. The Kier molecular flexibility index (Phi) is 5.16. The van der Waals surface area contributed by atoms with Gasteiger partial charge in [0.05, 0.1) is 6.21 Å². The fourth-order valence-corrected chi connectivity index (χ4v) is 1.68. The van der Waals surface area contributed by atoms with Crippen molar-refractivity contribution in [3.8, 4) is 0 Å². The molecular weight excluding hydrogens is 238 g/mol. The van der Waals surface area contributed by atoms with E-state index in [2.05, 4.69) is 9.99 Å². The number of rotatable bonds is 4. The minimum absolute atomic E-state index is 0.282. The second kappa shape index (κ2) is 6.63. The molecule has 100 valence electrons. The predicted octanol–water partition coefficient (Wildman–Crippen LogP) is -0.901. The van der Waals surface area contributed by atoms with Gasteiger partial charge in [-0.15, -0.1) is 0 Å². The summed E-state index contributed by atoms with van der Waals surface area (Å²) in [6.07, 6.45) is 2.75. The maximum absolute atomic E-state index is 11.9. The van der Waals surface area contributed by atoms with E-state index in [-0.39, 0.29) is 5.91 Å². The van der Waals surface area contributed by atoms with Crippen LogP contribution in [0.4, 0.5) is 4.79 Å². The first-order chi connectivity index (χ1) is 8.54. The number of nitrogens with one attached hydrogen (secondary N) is 1. The summed E-state index contributed by atoms with van der Waals surface area (Å²) in [6.45, 7) is 2.44. The number of carbonyl (C=O) groups is 2. The summed E-state index contributed by atoms with van der Waals surface area (Å²) in [5.41, 5.74) is 0.858. The zero-order chi connectivity index (χ0) is 13.5. The molecule has 7 heteroatoms. The molecule has 18 heavy (non-hydrogen) atoms. The van der Waals surface area contributed by atoms with Crippen LogP contribution in [0.25, 0.3) is 0 Å². The standard InChI is InChI=1S/C11H17N3O4/c1-8(13-11(16)17)10(15)14-5-3-4-9(7-14)6-12-18-2/h4,6,8,13H,3,5,7H2,1-2H3,(H,16,17)/p-1/b12-6+. The highest BCUT2D eigenvalue weighted by atomic mass is 16.6. The number of nitrogens with zero attached hydrogens (tertiary/aromatic N) is 2. The van der Waals surface area contributed by atoms with Crippen LogP contribution in [0.15, 0.2) is 16.8 Å². The van der Waals surface area contributed by atoms with E-state index in [1.165, 1.54) is 20.2 Å². The number of carboxylic acid groups (broad SMARTS) is 1. The fraction of sp³-hybridized carbons (Fsp3) is 0.545. The van der Waals surface area contributed by atoms with Gasteiger partial charge in [0.1, 0.15) is 19.2 Å². The predicted molar refractivity (Wildman–Crippen MR) is 62.8 cm³/mol. The summed E-state index contributed by atoms with van der Waals surface area (Å²) in [6, 6.07) is -0.811. The van der Waals surface area contributed by atoms with Crippen LogP contribution >= 0.6 is 0 Å². The second-order valence-corrected chi connectivity index (χ2v) is 3.90. The maximum atomic E-state index is 11.9. The Bertz CT molecular complexity index is 378. The van der Waals surface area contributed by atoms with Gasteiger partial charge in [-0.25, -0.2) is 0 Å². The van der Waals surface area contributed by atoms with Crippen molar-refractivity contribution in [2.24, 2.45) is 5.16 Å². The highest BCUT2D eigenvalue weighted by molar-refractivity contribution is 5.87. The van der Waals surface area contributed by atoms with Crippen LogP contribution in [0.3, 0.4) is 0 Å².